The van der Waals surface area contributed by atoms with Crippen molar-refractivity contribution < 1.29 is 17.9 Å². The van der Waals surface area contributed by atoms with E-state index in [4.69, 9.17) is 0 Å². The van der Waals surface area contributed by atoms with E-state index in [0.29, 0.717) is 0 Å². The van der Waals surface area contributed by atoms with Crippen LogP contribution in [0.3, 0.4) is 0 Å². The van der Waals surface area contributed by atoms with Crippen molar-refractivity contribution in [3.05, 3.63) is 42.0 Å². The number of sulfonamides is 1. The highest BCUT2D eigenvalue weighted by Gasteiger charge is 2.16. The summed E-state index contributed by atoms with van der Waals surface area (Å²) in [7, 11) is -2.25. The molecule has 0 fully saturated rings. The first-order chi connectivity index (χ1) is 9.76. The number of aryl methyl sites for hydroxylation is 1. The molecule has 0 saturated heterocycles. The fourth-order valence-electron chi connectivity index (χ4n) is 1.67. The van der Waals surface area contributed by atoms with Crippen molar-refractivity contribution in [1.82, 2.24) is 4.72 Å². The molecule has 5 nitrogen and oxygen atoms in total. The summed E-state index contributed by atoms with van der Waals surface area (Å²) >= 11 is 0. The molecule has 21 heavy (non-hydrogen) atoms. The van der Waals surface area contributed by atoms with E-state index in [1.54, 1.807) is 50.3 Å². The molecule has 0 unspecified atom stereocenters. The lowest BCUT2D eigenvalue weighted by molar-refractivity contribution is -0.143. The third kappa shape index (κ3) is 5.32. The van der Waals surface area contributed by atoms with Crippen molar-refractivity contribution >= 4 is 16.0 Å². The Bertz CT molecular complexity index is 605. The molecule has 0 aliphatic carbocycles. The summed E-state index contributed by atoms with van der Waals surface area (Å²) in [6.45, 7) is 5.28. The van der Waals surface area contributed by atoms with E-state index in [2.05, 4.69) is 9.46 Å². The number of hydrogen-bond donors (Lipinski definition) is 1. The molecule has 0 radical (unpaired) electrons. The number of hydrogen-bond acceptors (Lipinski definition) is 4. The van der Waals surface area contributed by atoms with Gasteiger partial charge in [-0.3, -0.25) is 4.79 Å². The average molecular weight is 311 g/mol. The van der Waals surface area contributed by atoms with Gasteiger partial charge < -0.3 is 4.74 Å². The van der Waals surface area contributed by atoms with Gasteiger partial charge in [0.15, 0.2) is 0 Å². The highest BCUT2D eigenvalue weighted by atomic mass is 32.2. The molecule has 116 valence electrons. The van der Waals surface area contributed by atoms with Crippen LogP contribution in [0.2, 0.25) is 0 Å². The minimum Gasteiger partial charge on any atom is -0.469 e. The first-order valence-corrected chi connectivity index (χ1v) is 8.09. The highest BCUT2D eigenvalue weighted by molar-refractivity contribution is 7.89. The molecule has 0 aliphatic heterocycles. The molecule has 1 rings (SSSR count). The summed E-state index contributed by atoms with van der Waals surface area (Å²) in [4.78, 5) is 11.5. The molecule has 0 spiro atoms. The zero-order chi connectivity index (χ0) is 16.0. The summed E-state index contributed by atoms with van der Waals surface area (Å²) < 4.78 is 31.4. The predicted octanol–water partition coefficient (Wildman–Crippen LogP) is 2.03. The van der Waals surface area contributed by atoms with Gasteiger partial charge in [0.2, 0.25) is 10.0 Å². The molecular weight excluding hydrogens is 290 g/mol. The van der Waals surface area contributed by atoms with E-state index < -0.39 is 22.0 Å². The lowest BCUT2D eigenvalue weighted by atomic mass is 10.1. The van der Waals surface area contributed by atoms with E-state index in [1.807, 2.05) is 6.92 Å². The van der Waals surface area contributed by atoms with Gasteiger partial charge in [0, 0.05) is 6.04 Å². The molecule has 0 heterocycles. The fraction of sp³-hybridized carbons (Fsp3) is 0.400. The van der Waals surface area contributed by atoms with Crippen LogP contribution in [0.5, 0.6) is 0 Å². The van der Waals surface area contributed by atoms with E-state index in [9.17, 15) is 13.2 Å². The largest absolute Gasteiger partial charge is 0.469 e. The molecule has 0 amide bonds. The van der Waals surface area contributed by atoms with Gasteiger partial charge in [0.1, 0.15) is 0 Å². The van der Waals surface area contributed by atoms with Crippen LogP contribution < -0.4 is 4.72 Å². The van der Waals surface area contributed by atoms with Crippen LogP contribution >= 0.6 is 0 Å². The van der Waals surface area contributed by atoms with Gasteiger partial charge in [-0.2, -0.15) is 0 Å². The third-order valence-corrected chi connectivity index (χ3v) is 4.51. The smallest absolute Gasteiger partial charge is 0.312 e. The van der Waals surface area contributed by atoms with E-state index in [0.717, 1.165) is 5.56 Å². The molecule has 0 aromatic heterocycles. The van der Waals surface area contributed by atoms with Gasteiger partial charge in [-0.15, -0.1) is 0 Å². The second-order valence-corrected chi connectivity index (χ2v) is 6.63. The van der Waals surface area contributed by atoms with Gasteiger partial charge in [-0.25, -0.2) is 13.1 Å². The summed E-state index contributed by atoms with van der Waals surface area (Å²) in [5.41, 5.74) is 0.994. The molecule has 6 heteroatoms. The lowest BCUT2D eigenvalue weighted by Crippen LogP contribution is -2.31. The summed E-state index contributed by atoms with van der Waals surface area (Å²) in [6, 6.07) is 6.18. The van der Waals surface area contributed by atoms with Gasteiger partial charge >= 0.3 is 5.97 Å². The number of nitrogens with one attached hydrogen (secondary N) is 1. The zero-order valence-electron chi connectivity index (χ0n) is 12.7. The maximum Gasteiger partial charge on any atom is 0.312 e. The van der Waals surface area contributed by atoms with Gasteiger partial charge in [-0.05, 0) is 32.9 Å². The maximum atomic E-state index is 12.2. The van der Waals surface area contributed by atoms with Crippen molar-refractivity contribution in [3.63, 3.8) is 0 Å². The monoisotopic (exact) mass is 311 g/mol. The first kappa shape index (κ1) is 17.4. The normalized spacial score (nSPS) is 14.9. The fourth-order valence-corrected chi connectivity index (χ4v) is 2.87. The molecule has 0 aliphatic rings. The zero-order valence-corrected chi connectivity index (χ0v) is 13.5. The SMILES string of the molecule is COC(=O)[C@H](C)/C=C/[C@H](C)NS(=O)(=O)c1ccc(C)cc1. The number of methoxy groups -OCH3 is 1. The number of carbonyl (C=O) groups excluding carboxylic acids is 1. The number of carbonyl (C=O) groups is 1. The molecular formula is C15H21NO4S. The Morgan fingerprint density at radius 2 is 1.76 bits per heavy atom. The summed E-state index contributed by atoms with van der Waals surface area (Å²) in [6.07, 6.45) is 3.25. The van der Waals surface area contributed by atoms with Crippen LogP contribution in [0.25, 0.3) is 0 Å². The summed E-state index contributed by atoms with van der Waals surface area (Å²) in [5.74, 6) is -0.777. The number of ether oxygens (including phenoxy) is 1. The second kappa shape index (κ2) is 7.38. The van der Waals surface area contributed by atoms with Gasteiger partial charge in [0.25, 0.3) is 0 Å². The summed E-state index contributed by atoms with van der Waals surface area (Å²) in [5, 5.41) is 0. The third-order valence-electron chi connectivity index (χ3n) is 2.93. The first-order valence-electron chi connectivity index (χ1n) is 6.61. The Morgan fingerprint density at radius 1 is 1.19 bits per heavy atom. The number of esters is 1. The Morgan fingerprint density at radius 3 is 2.29 bits per heavy atom. The number of rotatable bonds is 6. The van der Waals surface area contributed by atoms with Crippen LogP contribution in [0, 0.1) is 12.8 Å². The molecule has 0 bridgehead atoms. The predicted molar refractivity (Wildman–Crippen MR) is 81.3 cm³/mol. The Labute approximate surface area is 126 Å². The second-order valence-electron chi connectivity index (χ2n) is 4.92. The number of benzene rings is 1. The minimum absolute atomic E-state index is 0.217. The van der Waals surface area contributed by atoms with Gasteiger partial charge in [-0.1, -0.05) is 29.8 Å². The van der Waals surface area contributed by atoms with Crippen molar-refractivity contribution in [2.24, 2.45) is 5.92 Å². The van der Waals surface area contributed by atoms with Crippen LogP contribution in [-0.4, -0.2) is 27.5 Å². The Kier molecular flexibility index (Phi) is 6.11. The quantitative estimate of drug-likeness (QED) is 0.644. The average Bonchev–Trinajstić information content (AvgIpc) is 2.43. The van der Waals surface area contributed by atoms with Crippen LogP contribution in [0.1, 0.15) is 19.4 Å². The van der Waals surface area contributed by atoms with E-state index >= 15 is 0 Å². The molecule has 1 aromatic rings. The standard InChI is InChI=1S/C15H21NO4S/c1-11-5-9-14(10-6-11)21(18,19)16-13(3)8-7-12(2)15(17)20-4/h5-10,12-13,16H,1-4H3/b8-7+/t12-,13+/m1/s1. The van der Waals surface area contributed by atoms with Crippen molar-refractivity contribution in [3.8, 4) is 0 Å². The van der Waals surface area contributed by atoms with E-state index in [-0.39, 0.29) is 10.9 Å². The lowest BCUT2D eigenvalue weighted by Gasteiger charge is -2.11. The molecule has 1 N–H and O–H groups in total. The van der Waals surface area contributed by atoms with Crippen molar-refractivity contribution in [2.45, 2.75) is 31.7 Å². The van der Waals surface area contributed by atoms with E-state index in [1.165, 1.54) is 7.11 Å². The van der Waals surface area contributed by atoms with Crippen molar-refractivity contribution in [1.29, 1.82) is 0 Å². The Hall–Kier alpha value is -1.66. The van der Waals surface area contributed by atoms with Crippen LogP contribution in [-0.2, 0) is 19.6 Å². The maximum absolute atomic E-state index is 12.2. The highest BCUT2D eigenvalue weighted by Crippen LogP contribution is 2.11. The van der Waals surface area contributed by atoms with Crippen LogP contribution in [0.15, 0.2) is 41.3 Å². The topological polar surface area (TPSA) is 72.5 Å². The molecule has 1 aromatic carbocycles. The van der Waals surface area contributed by atoms with Gasteiger partial charge in [0.05, 0.1) is 17.9 Å². The molecule has 0 saturated carbocycles. The van der Waals surface area contributed by atoms with Crippen molar-refractivity contribution in [2.75, 3.05) is 7.11 Å². The Balaban J connectivity index is 2.73. The molecule has 2 atom stereocenters. The van der Waals surface area contributed by atoms with Crippen LogP contribution in [0.4, 0.5) is 0 Å². The minimum atomic E-state index is -3.57.